The summed E-state index contributed by atoms with van der Waals surface area (Å²) in [5.74, 6) is 0.204. The Hall–Kier alpha value is -1.39. The van der Waals surface area contributed by atoms with Crippen LogP contribution in [0.25, 0.3) is 0 Å². The van der Waals surface area contributed by atoms with Crippen LogP contribution in [0.2, 0.25) is 0 Å². The molecule has 1 aromatic heterocycles. The smallest absolute Gasteiger partial charge is 0.220 e. The number of nitrogens with zero attached hydrogens (tertiary/aromatic N) is 2. The van der Waals surface area contributed by atoms with Crippen molar-refractivity contribution in [2.45, 2.75) is 12.8 Å². The van der Waals surface area contributed by atoms with Crippen molar-refractivity contribution in [2.24, 2.45) is 0 Å². The Morgan fingerprint density at radius 2 is 2.45 bits per heavy atom. The number of amides is 1. The second-order valence-corrected chi connectivity index (χ2v) is 2.11. The van der Waals surface area contributed by atoms with Gasteiger partial charge in [-0.2, -0.15) is 5.10 Å². The molecule has 0 saturated carbocycles. The molecule has 0 aliphatic carbocycles. The molecule has 1 aromatic rings. The van der Waals surface area contributed by atoms with Crippen LogP contribution in [0.5, 0.6) is 0 Å². The summed E-state index contributed by atoms with van der Waals surface area (Å²) >= 11 is 0. The van der Waals surface area contributed by atoms with E-state index in [2.05, 4.69) is 20.5 Å². The first-order valence-corrected chi connectivity index (χ1v) is 3.45. The normalized spacial score (nSPS) is 15.1. The lowest BCUT2D eigenvalue weighted by atomic mass is 10.4. The maximum absolute atomic E-state index is 10.1. The maximum atomic E-state index is 10.1. The van der Waals surface area contributed by atoms with Gasteiger partial charge in [-0.15, -0.1) is 0 Å². The first kappa shape index (κ1) is 7.71. The summed E-state index contributed by atoms with van der Waals surface area (Å²) in [6, 6.07) is 0. The van der Waals surface area contributed by atoms with Gasteiger partial charge >= 0.3 is 0 Å². The molecule has 0 spiro atoms. The molecule has 1 saturated heterocycles. The molecule has 1 aliphatic rings. The summed E-state index contributed by atoms with van der Waals surface area (Å²) in [4.78, 5) is 13.7. The van der Waals surface area contributed by atoms with Crippen molar-refractivity contribution in [3.63, 3.8) is 0 Å². The minimum atomic E-state index is 0.204. The summed E-state index contributed by atoms with van der Waals surface area (Å²) < 4.78 is 0. The third-order valence-corrected chi connectivity index (χ3v) is 1.23. The first-order chi connectivity index (χ1) is 5.39. The molecule has 60 valence electrons. The van der Waals surface area contributed by atoms with Crippen molar-refractivity contribution >= 4 is 5.91 Å². The van der Waals surface area contributed by atoms with Crippen LogP contribution >= 0.6 is 0 Å². The number of carbonyl (C=O) groups excluding carboxylic acids is 1. The average Bonchev–Trinajstić information content (AvgIpc) is 2.57. The number of aromatic nitrogens is 3. The molecule has 1 amide bonds. The van der Waals surface area contributed by atoms with E-state index in [4.69, 9.17) is 0 Å². The highest BCUT2D eigenvalue weighted by atomic mass is 16.1. The SMILES string of the molecule is O=C1CCCN1.c1nc[nH]n1. The van der Waals surface area contributed by atoms with E-state index in [1.807, 2.05) is 0 Å². The van der Waals surface area contributed by atoms with Crippen LogP contribution in [-0.2, 0) is 4.79 Å². The summed E-state index contributed by atoms with van der Waals surface area (Å²) in [5.41, 5.74) is 0. The van der Waals surface area contributed by atoms with E-state index in [1.165, 1.54) is 12.7 Å². The fourth-order valence-corrected chi connectivity index (χ4v) is 0.732. The summed E-state index contributed by atoms with van der Waals surface area (Å²) in [6.45, 7) is 0.888. The summed E-state index contributed by atoms with van der Waals surface area (Å²) in [7, 11) is 0. The minimum absolute atomic E-state index is 0.204. The van der Waals surface area contributed by atoms with Crippen LogP contribution in [0.3, 0.4) is 0 Å². The molecule has 2 heterocycles. The number of H-pyrrole nitrogens is 1. The van der Waals surface area contributed by atoms with Gasteiger partial charge in [0.2, 0.25) is 5.91 Å². The van der Waals surface area contributed by atoms with Gasteiger partial charge in [0, 0.05) is 13.0 Å². The van der Waals surface area contributed by atoms with Crippen molar-refractivity contribution < 1.29 is 4.79 Å². The Kier molecular flexibility index (Phi) is 3.11. The fraction of sp³-hybridized carbons (Fsp3) is 0.500. The van der Waals surface area contributed by atoms with E-state index < -0.39 is 0 Å². The quantitative estimate of drug-likeness (QED) is 0.539. The third-order valence-electron chi connectivity index (χ3n) is 1.23. The zero-order valence-electron chi connectivity index (χ0n) is 6.08. The Morgan fingerprint density at radius 3 is 2.64 bits per heavy atom. The molecule has 11 heavy (non-hydrogen) atoms. The van der Waals surface area contributed by atoms with Crippen molar-refractivity contribution in [3.8, 4) is 0 Å². The molecule has 5 nitrogen and oxygen atoms in total. The molecule has 2 rings (SSSR count). The van der Waals surface area contributed by atoms with E-state index >= 15 is 0 Å². The maximum Gasteiger partial charge on any atom is 0.220 e. The lowest BCUT2D eigenvalue weighted by Gasteiger charge is -1.80. The number of carbonyl (C=O) groups is 1. The van der Waals surface area contributed by atoms with Gasteiger partial charge < -0.3 is 5.32 Å². The van der Waals surface area contributed by atoms with Crippen LogP contribution in [0.4, 0.5) is 0 Å². The molecule has 0 radical (unpaired) electrons. The highest BCUT2D eigenvalue weighted by Gasteiger charge is 2.05. The van der Waals surface area contributed by atoms with Crippen molar-refractivity contribution in [1.29, 1.82) is 0 Å². The Bertz CT molecular complexity index is 171. The van der Waals surface area contributed by atoms with Gasteiger partial charge in [-0.05, 0) is 6.42 Å². The monoisotopic (exact) mass is 154 g/mol. The molecule has 0 atom stereocenters. The number of rotatable bonds is 0. The van der Waals surface area contributed by atoms with Crippen LogP contribution < -0.4 is 5.32 Å². The standard InChI is InChI=1S/C4H7NO.C2H3N3/c6-4-2-1-3-5-4;1-3-2-5-4-1/h1-3H2,(H,5,6);1-2H,(H,3,4,5). The van der Waals surface area contributed by atoms with Crippen LogP contribution in [0.15, 0.2) is 12.7 Å². The van der Waals surface area contributed by atoms with Crippen LogP contribution in [0.1, 0.15) is 12.8 Å². The number of nitrogens with one attached hydrogen (secondary N) is 2. The van der Waals surface area contributed by atoms with Gasteiger partial charge in [-0.25, -0.2) is 4.98 Å². The van der Waals surface area contributed by atoms with Crippen molar-refractivity contribution in [1.82, 2.24) is 20.5 Å². The number of hydrogen-bond acceptors (Lipinski definition) is 3. The zero-order chi connectivity index (χ0) is 7.94. The second kappa shape index (κ2) is 4.43. The molecule has 0 unspecified atom stereocenters. The number of aromatic amines is 1. The predicted octanol–water partition coefficient (Wildman–Crippen LogP) is -0.299. The summed E-state index contributed by atoms with van der Waals surface area (Å²) in [5, 5.41) is 8.67. The minimum Gasteiger partial charge on any atom is -0.356 e. The van der Waals surface area contributed by atoms with Gasteiger partial charge in [0.05, 0.1) is 0 Å². The van der Waals surface area contributed by atoms with Crippen molar-refractivity contribution in [3.05, 3.63) is 12.7 Å². The van der Waals surface area contributed by atoms with E-state index in [-0.39, 0.29) is 5.91 Å². The van der Waals surface area contributed by atoms with Gasteiger partial charge in [-0.1, -0.05) is 0 Å². The van der Waals surface area contributed by atoms with E-state index in [0.717, 1.165) is 19.4 Å². The average molecular weight is 154 g/mol. The van der Waals surface area contributed by atoms with Gasteiger partial charge in [0.1, 0.15) is 12.7 Å². The van der Waals surface area contributed by atoms with Gasteiger partial charge in [0.25, 0.3) is 0 Å². The lowest BCUT2D eigenvalue weighted by Crippen LogP contribution is -2.12. The molecule has 1 aliphatic heterocycles. The van der Waals surface area contributed by atoms with E-state index in [1.54, 1.807) is 0 Å². The molecule has 2 N–H and O–H groups in total. The largest absolute Gasteiger partial charge is 0.356 e. The van der Waals surface area contributed by atoms with Crippen molar-refractivity contribution in [2.75, 3.05) is 6.54 Å². The fourth-order valence-electron chi connectivity index (χ4n) is 0.732. The van der Waals surface area contributed by atoms with Gasteiger partial charge in [0.15, 0.2) is 0 Å². The Balaban J connectivity index is 0.000000112. The molecular formula is C6H10N4O. The zero-order valence-corrected chi connectivity index (χ0v) is 6.08. The van der Waals surface area contributed by atoms with Crippen LogP contribution in [-0.4, -0.2) is 27.6 Å². The first-order valence-electron chi connectivity index (χ1n) is 3.45. The number of hydrogen-bond donors (Lipinski definition) is 2. The predicted molar refractivity (Wildman–Crippen MR) is 38.6 cm³/mol. The highest BCUT2D eigenvalue weighted by molar-refractivity contribution is 5.77. The molecule has 0 aromatic carbocycles. The highest BCUT2D eigenvalue weighted by Crippen LogP contribution is 1.93. The molecule has 5 heteroatoms. The molecule has 0 bridgehead atoms. The Labute approximate surface area is 64.2 Å². The molecular weight excluding hydrogens is 144 g/mol. The topological polar surface area (TPSA) is 70.7 Å². The van der Waals surface area contributed by atoms with Gasteiger partial charge in [-0.3, -0.25) is 9.89 Å². The third kappa shape index (κ3) is 3.34. The second-order valence-electron chi connectivity index (χ2n) is 2.11. The summed E-state index contributed by atoms with van der Waals surface area (Å²) in [6.07, 6.45) is 4.72. The van der Waals surface area contributed by atoms with E-state index in [9.17, 15) is 4.79 Å². The lowest BCUT2D eigenvalue weighted by molar-refractivity contribution is -0.119. The molecule has 1 fully saturated rings. The van der Waals surface area contributed by atoms with E-state index in [0.29, 0.717) is 0 Å². The Morgan fingerprint density at radius 1 is 1.55 bits per heavy atom. The van der Waals surface area contributed by atoms with Crippen LogP contribution in [0, 0.1) is 0 Å².